The van der Waals surface area contributed by atoms with Crippen molar-refractivity contribution in [2.24, 2.45) is 9.98 Å². The summed E-state index contributed by atoms with van der Waals surface area (Å²) in [5.74, 6) is 0.326. The number of allylic oxidation sites excluding steroid dienone is 1. The Morgan fingerprint density at radius 1 is 0.819 bits per heavy atom. The molecule has 0 unspecified atom stereocenters. The van der Waals surface area contributed by atoms with Gasteiger partial charge >= 0.3 is 18.1 Å². The Morgan fingerprint density at radius 3 is 1.97 bits per heavy atom. The van der Waals surface area contributed by atoms with Crippen LogP contribution in [-0.2, 0) is 31.2 Å². The third-order valence-corrected chi connectivity index (χ3v) is 12.8. The molecule has 17 heteroatoms. The number of nitrogens with one attached hydrogen (secondary N) is 4. The van der Waals surface area contributed by atoms with Crippen molar-refractivity contribution in [1.29, 1.82) is 0 Å². The monoisotopic (exact) mass is 992 g/mol. The number of phenols is 1. The lowest BCUT2D eigenvalue weighted by molar-refractivity contribution is -0.151. The molecule has 72 heavy (non-hydrogen) atoms. The van der Waals surface area contributed by atoms with Crippen LogP contribution in [-0.4, -0.2) is 115 Å². The fraction of sp³-hybridized carbons (Fsp3) is 0.273. The van der Waals surface area contributed by atoms with Crippen molar-refractivity contribution in [1.82, 2.24) is 31.1 Å². The smallest absolute Gasteiger partial charge is 0.407 e. The first-order valence-electron chi connectivity index (χ1n) is 23.3. The Balaban J connectivity index is 1.26. The lowest BCUT2D eigenvalue weighted by atomic mass is 9.77. The highest BCUT2D eigenvalue weighted by atomic mass is 32.2. The molecule has 1 saturated heterocycles. The summed E-state index contributed by atoms with van der Waals surface area (Å²) in [5, 5.41) is 22.2. The molecular formula is C55H60N8O8S. The fourth-order valence-electron chi connectivity index (χ4n) is 8.07. The highest BCUT2D eigenvalue weighted by Crippen LogP contribution is 2.43. The van der Waals surface area contributed by atoms with Crippen LogP contribution in [0.2, 0.25) is 0 Å². The van der Waals surface area contributed by atoms with Crippen molar-refractivity contribution in [3.8, 4) is 11.5 Å². The molecule has 0 radical (unpaired) electrons. The molecule has 2 atom stereocenters. The summed E-state index contributed by atoms with van der Waals surface area (Å²) in [6, 6.07) is 42.4. The second-order valence-corrected chi connectivity index (χ2v) is 19.1. The lowest BCUT2D eigenvalue weighted by Gasteiger charge is -2.48. The normalized spacial score (nSPS) is 16.0. The molecule has 5 N–H and O–H groups in total. The van der Waals surface area contributed by atoms with Gasteiger partial charge in [0.05, 0.1) is 13.7 Å². The topological polar surface area (TPSA) is 196 Å². The van der Waals surface area contributed by atoms with Crippen LogP contribution >= 0.6 is 11.8 Å². The number of hydrogen-bond acceptors (Lipinski definition) is 13. The van der Waals surface area contributed by atoms with Gasteiger partial charge in [-0.15, -0.1) is 11.8 Å². The number of aliphatic imine (C=N–C) groups is 2. The lowest BCUT2D eigenvalue weighted by Crippen LogP contribution is -2.64. The number of carbonyl (C=O) groups excluding carboxylic acids is 4. The van der Waals surface area contributed by atoms with E-state index in [-0.39, 0.29) is 43.4 Å². The van der Waals surface area contributed by atoms with Crippen LogP contribution in [0.5, 0.6) is 11.5 Å². The van der Waals surface area contributed by atoms with Crippen molar-refractivity contribution in [2.45, 2.75) is 49.9 Å². The summed E-state index contributed by atoms with van der Waals surface area (Å²) in [6.07, 6.45) is 2.37. The number of benzene rings is 5. The first kappa shape index (κ1) is 51.8. The summed E-state index contributed by atoms with van der Waals surface area (Å²) in [7, 11) is 5.25. The van der Waals surface area contributed by atoms with Gasteiger partial charge in [-0.05, 0) is 72.9 Å². The van der Waals surface area contributed by atoms with Crippen molar-refractivity contribution < 1.29 is 38.5 Å². The third-order valence-electron chi connectivity index (χ3n) is 11.5. The predicted molar refractivity (Wildman–Crippen MR) is 280 cm³/mol. The Labute approximate surface area is 424 Å². The Bertz CT molecular complexity index is 2720. The molecule has 2 heterocycles. The van der Waals surface area contributed by atoms with E-state index in [1.54, 1.807) is 70.3 Å². The molecule has 2 aliphatic rings. The van der Waals surface area contributed by atoms with Crippen LogP contribution in [0.1, 0.15) is 48.6 Å². The van der Waals surface area contributed by atoms with E-state index in [9.17, 15) is 24.3 Å². The number of hydrogen-bond donors (Lipinski definition) is 5. The summed E-state index contributed by atoms with van der Waals surface area (Å²) in [4.78, 5) is 67.2. The number of thioether (sulfide) groups is 1. The maximum atomic E-state index is 14.3. The summed E-state index contributed by atoms with van der Waals surface area (Å²) >= 11 is 1.43. The van der Waals surface area contributed by atoms with Crippen LogP contribution in [0.3, 0.4) is 0 Å². The zero-order valence-corrected chi connectivity index (χ0v) is 41.9. The number of nitrogens with zero attached hydrogens (tertiary/aromatic N) is 4. The van der Waals surface area contributed by atoms with E-state index < -0.39 is 46.6 Å². The van der Waals surface area contributed by atoms with E-state index in [1.165, 1.54) is 35.2 Å². The summed E-state index contributed by atoms with van der Waals surface area (Å²) in [5.41, 5.74) is 3.04. The first-order valence-corrected chi connectivity index (χ1v) is 24.4. The van der Waals surface area contributed by atoms with Gasteiger partial charge in [0.2, 0.25) is 0 Å². The quantitative estimate of drug-likeness (QED) is 0.0183. The maximum Gasteiger partial charge on any atom is 0.407 e. The minimum atomic E-state index is -1.02. The molecule has 0 spiro atoms. The number of amides is 4. The van der Waals surface area contributed by atoms with E-state index in [0.29, 0.717) is 34.0 Å². The number of ether oxygens (including phenoxy) is 3. The second kappa shape index (κ2) is 23.7. The van der Waals surface area contributed by atoms with Gasteiger partial charge < -0.3 is 45.5 Å². The molecule has 0 saturated carbocycles. The van der Waals surface area contributed by atoms with Gasteiger partial charge in [0.1, 0.15) is 51.8 Å². The highest BCUT2D eigenvalue weighted by molar-refractivity contribution is 8.00. The van der Waals surface area contributed by atoms with E-state index in [2.05, 4.69) is 26.3 Å². The number of urea groups is 1. The molecule has 374 valence electrons. The summed E-state index contributed by atoms with van der Waals surface area (Å²) in [6.45, 7) is 5.32. The molecule has 0 aliphatic carbocycles. The molecule has 2 aliphatic heterocycles. The van der Waals surface area contributed by atoms with Crippen molar-refractivity contribution in [3.63, 3.8) is 0 Å². The number of phenolic OH excluding ortho intramolecular Hbond substituents is 1. The Kier molecular flexibility index (Phi) is 17.1. The average Bonchev–Trinajstić information content (AvgIpc) is 3.38. The highest BCUT2D eigenvalue weighted by Gasteiger charge is 2.54. The second-order valence-electron chi connectivity index (χ2n) is 18.0. The number of alkyl carbamates (subject to hydrolysis) is 1. The number of β-lactam (4-membered cyclic amide) rings is 1. The van der Waals surface area contributed by atoms with Crippen LogP contribution in [0, 0.1) is 0 Å². The standard InChI is InChI=1S/C55H60N8O8S/c1-54(2,3)71-53(68)58-31-30-57-52(67)60-44(48(62(4)5)61-55(40-19-10-7-11-20-40,41-21-12-8-13-22-41)42-23-14-9-15-24-42)34-56-32-39-36-72-50-46(59-33-38-18-16-17-25-45(38)64)49(65)63(50)47(39)51(66)70-35-37-26-28-43(69-6)29-27-37/h7-29,33-34,46,50,61,64H,30-32,35-36H2,1-6H3,(H,58,68)(H2,57,60,67)/b48-44+,56-34?,59-33?/t46-,50-/m1/s1. The minimum absolute atomic E-state index is 0.0260. The molecule has 0 aromatic heterocycles. The molecule has 5 aromatic carbocycles. The zero-order valence-electron chi connectivity index (χ0n) is 41.1. The van der Waals surface area contributed by atoms with Gasteiger partial charge in [-0.1, -0.05) is 115 Å². The van der Waals surface area contributed by atoms with Crippen molar-refractivity contribution in [3.05, 3.63) is 190 Å². The van der Waals surface area contributed by atoms with E-state index in [1.807, 2.05) is 110 Å². The van der Waals surface area contributed by atoms with Gasteiger partial charge in [-0.3, -0.25) is 19.7 Å². The predicted octanol–water partition coefficient (Wildman–Crippen LogP) is 7.31. The molecule has 7 rings (SSSR count). The van der Waals surface area contributed by atoms with Gasteiger partial charge in [0.15, 0.2) is 6.04 Å². The number of para-hydroxylation sites is 1. The first-order chi connectivity index (χ1) is 34.7. The van der Waals surface area contributed by atoms with Crippen LogP contribution in [0.4, 0.5) is 9.59 Å². The van der Waals surface area contributed by atoms with Crippen LogP contribution in [0.25, 0.3) is 0 Å². The number of fused-ring (bicyclic) bond motifs is 1. The molecule has 16 nitrogen and oxygen atoms in total. The molecule has 4 amide bonds. The molecule has 1 fully saturated rings. The zero-order chi connectivity index (χ0) is 51.3. The van der Waals surface area contributed by atoms with Gasteiger partial charge in [-0.25, -0.2) is 14.4 Å². The SMILES string of the molecule is COc1ccc(COC(=O)C2=C(CN=C/C(NC(=O)NCCNC(=O)OC(C)(C)C)=C(/NC(c3ccccc3)(c3ccccc3)c3ccccc3)N(C)C)CS[C@@H]3[C@H](N=Cc4ccccc4O)C(=O)N23)cc1. The number of rotatable bonds is 19. The fourth-order valence-corrected chi connectivity index (χ4v) is 9.40. The average molecular weight is 993 g/mol. The van der Waals surface area contributed by atoms with E-state index >= 15 is 0 Å². The van der Waals surface area contributed by atoms with Crippen LogP contribution in [0.15, 0.2) is 172 Å². The van der Waals surface area contributed by atoms with Gasteiger partial charge in [0, 0.05) is 50.9 Å². The van der Waals surface area contributed by atoms with Crippen molar-refractivity contribution in [2.75, 3.05) is 46.6 Å². The molecular weight excluding hydrogens is 933 g/mol. The largest absolute Gasteiger partial charge is 0.507 e. The number of esters is 1. The van der Waals surface area contributed by atoms with E-state index in [4.69, 9.17) is 19.2 Å². The van der Waals surface area contributed by atoms with Crippen LogP contribution < -0.4 is 26.0 Å². The van der Waals surface area contributed by atoms with Gasteiger partial charge in [-0.2, -0.15) is 0 Å². The molecule has 5 aromatic rings. The maximum absolute atomic E-state index is 14.3. The molecule has 0 bridgehead atoms. The number of carbonyl (C=O) groups is 4. The number of aromatic hydroxyl groups is 1. The van der Waals surface area contributed by atoms with Gasteiger partial charge in [0.25, 0.3) is 5.91 Å². The minimum Gasteiger partial charge on any atom is -0.507 e. The Hall–Kier alpha value is -8.05. The number of methoxy groups -OCH3 is 1. The third kappa shape index (κ3) is 12.6. The summed E-state index contributed by atoms with van der Waals surface area (Å²) < 4.78 is 16.5. The van der Waals surface area contributed by atoms with E-state index in [0.717, 1.165) is 16.7 Å². The van der Waals surface area contributed by atoms with Crippen molar-refractivity contribution >= 4 is 48.2 Å². The Morgan fingerprint density at radius 2 is 1.40 bits per heavy atom.